The van der Waals surface area contributed by atoms with Crippen LogP contribution in [0.25, 0.3) is 10.2 Å². The minimum absolute atomic E-state index is 0.474. The van der Waals surface area contributed by atoms with E-state index >= 15 is 0 Å². The van der Waals surface area contributed by atoms with Crippen LogP contribution in [0.3, 0.4) is 0 Å². The molecule has 20 heavy (non-hydrogen) atoms. The summed E-state index contributed by atoms with van der Waals surface area (Å²) in [5, 5.41) is 5.84. The van der Waals surface area contributed by atoms with Crippen LogP contribution in [0, 0.1) is 11.8 Å². The summed E-state index contributed by atoms with van der Waals surface area (Å²) in [6, 6.07) is 4.93. The van der Waals surface area contributed by atoms with Crippen molar-refractivity contribution in [2.45, 2.75) is 45.6 Å². The van der Waals surface area contributed by atoms with Gasteiger partial charge in [-0.2, -0.15) is 0 Å². The van der Waals surface area contributed by atoms with Crippen molar-refractivity contribution in [2.24, 2.45) is 11.8 Å². The maximum atomic E-state index is 4.63. The van der Waals surface area contributed by atoms with E-state index in [2.05, 4.69) is 47.9 Å². The second-order valence-electron chi connectivity index (χ2n) is 6.14. The first-order valence-corrected chi connectivity index (χ1v) is 8.72. The van der Waals surface area contributed by atoms with Crippen LogP contribution in [0.2, 0.25) is 0 Å². The molecular formula is C17H24N2S. The molecule has 3 atom stereocenters. The molecule has 1 saturated carbocycles. The van der Waals surface area contributed by atoms with Crippen LogP contribution in [-0.4, -0.2) is 11.5 Å². The molecule has 108 valence electrons. The van der Waals surface area contributed by atoms with Crippen LogP contribution in [-0.2, 0) is 0 Å². The molecule has 0 saturated heterocycles. The minimum Gasteiger partial charge on any atom is -0.310 e. The standard InChI is InChI=1S/C17H24N2S/c1-3-18-17(13-6-4-5-12(2)9-13)14-10-16-15(19-11-14)7-8-20-16/h7-8,10-13,17-18H,3-6,9H2,1-2H3. The summed E-state index contributed by atoms with van der Waals surface area (Å²) < 4.78 is 1.31. The molecule has 0 amide bonds. The molecule has 2 nitrogen and oxygen atoms in total. The van der Waals surface area contributed by atoms with Gasteiger partial charge in [-0.1, -0.05) is 26.7 Å². The van der Waals surface area contributed by atoms with Gasteiger partial charge in [0.25, 0.3) is 0 Å². The van der Waals surface area contributed by atoms with Crippen LogP contribution < -0.4 is 5.32 Å². The zero-order chi connectivity index (χ0) is 13.9. The van der Waals surface area contributed by atoms with Crippen molar-refractivity contribution >= 4 is 21.6 Å². The fourth-order valence-electron chi connectivity index (χ4n) is 3.59. The normalized spacial score (nSPS) is 24.9. The van der Waals surface area contributed by atoms with E-state index < -0.39 is 0 Å². The molecule has 3 unspecified atom stereocenters. The topological polar surface area (TPSA) is 24.9 Å². The molecule has 3 heteroatoms. The Bertz CT molecular complexity index is 563. The van der Waals surface area contributed by atoms with Crippen molar-refractivity contribution in [3.63, 3.8) is 0 Å². The van der Waals surface area contributed by atoms with Crippen LogP contribution in [0.15, 0.2) is 23.7 Å². The van der Waals surface area contributed by atoms with Crippen LogP contribution in [0.5, 0.6) is 0 Å². The van der Waals surface area contributed by atoms with E-state index in [4.69, 9.17) is 0 Å². The Labute approximate surface area is 125 Å². The first-order valence-electron chi connectivity index (χ1n) is 7.84. The summed E-state index contributed by atoms with van der Waals surface area (Å²) in [6.45, 7) is 5.63. The number of aromatic nitrogens is 1. The Balaban J connectivity index is 1.88. The second kappa shape index (κ2) is 6.23. The number of fused-ring (bicyclic) bond motifs is 1. The molecular weight excluding hydrogens is 264 g/mol. The molecule has 1 N–H and O–H groups in total. The quantitative estimate of drug-likeness (QED) is 0.876. The number of nitrogens with zero attached hydrogens (tertiary/aromatic N) is 1. The minimum atomic E-state index is 0.474. The number of hydrogen-bond donors (Lipinski definition) is 1. The van der Waals surface area contributed by atoms with Crippen molar-refractivity contribution in [1.29, 1.82) is 0 Å². The fraction of sp³-hybridized carbons (Fsp3) is 0.588. The van der Waals surface area contributed by atoms with Crippen LogP contribution in [0.4, 0.5) is 0 Å². The molecule has 1 fully saturated rings. The average Bonchev–Trinajstić information content (AvgIpc) is 2.92. The molecule has 3 rings (SSSR count). The number of hydrogen-bond acceptors (Lipinski definition) is 3. The van der Waals surface area contributed by atoms with Crippen molar-refractivity contribution in [3.8, 4) is 0 Å². The van der Waals surface area contributed by atoms with E-state index in [0.717, 1.165) is 23.9 Å². The van der Waals surface area contributed by atoms with Gasteiger partial charge < -0.3 is 5.32 Å². The Morgan fingerprint density at radius 3 is 3.15 bits per heavy atom. The highest BCUT2D eigenvalue weighted by Gasteiger charge is 2.27. The first-order chi connectivity index (χ1) is 9.78. The molecule has 1 aliphatic carbocycles. The van der Waals surface area contributed by atoms with E-state index in [-0.39, 0.29) is 0 Å². The van der Waals surface area contributed by atoms with Gasteiger partial charge in [0.2, 0.25) is 0 Å². The van der Waals surface area contributed by atoms with Gasteiger partial charge in [0, 0.05) is 12.2 Å². The van der Waals surface area contributed by atoms with Gasteiger partial charge in [0.1, 0.15) is 0 Å². The summed E-state index contributed by atoms with van der Waals surface area (Å²) >= 11 is 1.79. The van der Waals surface area contributed by atoms with Crippen LogP contribution in [0.1, 0.15) is 51.1 Å². The monoisotopic (exact) mass is 288 g/mol. The van der Waals surface area contributed by atoms with Crippen molar-refractivity contribution in [2.75, 3.05) is 6.54 Å². The Kier molecular flexibility index (Phi) is 4.37. The zero-order valence-corrected chi connectivity index (χ0v) is 13.2. The van der Waals surface area contributed by atoms with Gasteiger partial charge in [0.05, 0.1) is 10.2 Å². The number of thiophene rings is 1. The Morgan fingerprint density at radius 1 is 1.45 bits per heavy atom. The van der Waals surface area contributed by atoms with Crippen molar-refractivity contribution in [1.82, 2.24) is 10.3 Å². The molecule has 0 aromatic carbocycles. The second-order valence-corrected chi connectivity index (χ2v) is 7.09. The highest BCUT2D eigenvalue weighted by Crippen LogP contribution is 2.37. The van der Waals surface area contributed by atoms with E-state index in [1.807, 2.05) is 0 Å². The smallest absolute Gasteiger partial charge is 0.0809 e. The third-order valence-electron chi connectivity index (χ3n) is 4.56. The molecule has 2 aromatic heterocycles. The van der Waals surface area contributed by atoms with E-state index in [1.54, 1.807) is 11.3 Å². The van der Waals surface area contributed by atoms with Gasteiger partial charge >= 0.3 is 0 Å². The third kappa shape index (κ3) is 2.89. The SMILES string of the molecule is CCNC(c1cnc2ccsc2c1)C1CCCC(C)C1. The van der Waals surface area contributed by atoms with Gasteiger partial charge in [0.15, 0.2) is 0 Å². The van der Waals surface area contributed by atoms with E-state index in [0.29, 0.717) is 6.04 Å². The summed E-state index contributed by atoms with van der Waals surface area (Å²) in [5.41, 5.74) is 2.51. The summed E-state index contributed by atoms with van der Waals surface area (Å²) in [5.74, 6) is 1.63. The molecule has 0 radical (unpaired) electrons. The fourth-order valence-corrected chi connectivity index (χ4v) is 4.38. The maximum Gasteiger partial charge on any atom is 0.0809 e. The average molecular weight is 288 g/mol. The highest BCUT2D eigenvalue weighted by atomic mass is 32.1. The summed E-state index contributed by atoms with van der Waals surface area (Å²) in [4.78, 5) is 4.63. The summed E-state index contributed by atoms with van der Waals surface area (Å²) in [7, 11) is 0. The van der Waals surface area contributed by atoms with Crippen LogP contribution >= 0.6 is 11.3 Å². The molecule has 0 spiro atoms. The summed E-state index contributed by atoms with van der Waals surface area (Å²) in [6.07, 6.45) is 7.56. The molecule has 0 bridgehead atoms. The van der Waals surface area contributed by atoms with Gasteiger partial charge in [-0.3, -0.25) is 4.98 Å². The lowest BCUT2D eigenvalue weighted by atomic mass is 9.77. The lowest BCUT2D eigenvalue weighted by Gasteiger charge is -2.34. The predicted octanol–water partition coefficient (Wildman–Crippen LogP) is 4.77. The Morgan fingerprint density at radius 2 is 2.35 bits per heavy atom. The van der Waals surface area contributed by atoms with E-state index in [1.165, 1.54) is 35.9 Å². The lowest BCUT2D eigenvalue weighted by molar-refractivity contribution is 0.225. The number of rotatable bonds is 4. The third-order valence-corrected chi connectivity index (χ3v) is 5.41. The lowest BCUT2D eigenvalue weighted by Crippen LogP contribution is -2.31. The highest BCUT2D eigenvalue weighted by molar-refractivity contribution is 7.17. The first kappa shape index (κ1) is 14.0. The number of nitrogens with one attached hydrogen (secondary N) is 1. The van der Waals surface area contributed by atoms with Gasteiger partial charge in [-0.15, -0.1) is 11.3 Å². The van der Waals surface area contributed by atoms with Gasteiger partial charge in [-0.25, -0.2) is 0 Å². The number of pyridine rings is 1. The van der Waals surface area contributed by atoms with Crippen molar-refractivity contribution < 1.29 is 0 Å². The predicted molar refractivity (Wildman–Crippen MR) is 87.2 cm³/mol. The zero-order valence-electron chi connectivity index (χ0n) is 12.4. The van der Waals surface area contributed by atoms with Crippen molar-refractivity contribution in [3.05, 3.63) is 29.3 Å². The molecule has 0 aliphatic heterocycles. The maximum absolute atomic E-state index is 4.63. The molecule has 2 heterocycles. The van der Waals surface area contributed by atoms with E-state index in [9.17, 15) is 0 Å². The Hall–Kier alpha value is -0.930. The molecule has 2 aromatic rings. The largest absolute Gasteiger partial charge is 0.310 e. The van der Waals surface area contributed by atoms with Gasteiger partial charge in [-0.05, 0) is 54.3 Å². The molecule has 1 aliphatic rings.